The number of nitrogens with one attached hydrogen (secondary N) is 2. The van der Waals surface area contributed by atoms with Crippen molar-refractivity contribution in [3.05, 3.63) is 24.0 Å². The van der Waals surface area contributed by atoms with E-state index >= 15 is 0 Å². The van der Waals surface area contributed by atoms with Gasteiger partial charge in [0.05, 0.1) is 7.11 Å². The Morgan fingerprint density at radius 2 is 2.47 bits per heavy atom. The van der Waals surface area contributed by atoms with E-state index in [-0.39, 0.29) is 5.41 Å². The maximum atomic E-state index is 11.4. The van der Waals surface area contributed by atoms with Crippen LogP contribution in [0.2, 0.25) is 0 Å². The monoisotopic (exact) mass is 263 g/mol. The summed E-state index contributed by atoms with van der Waals surface area (Å²) in [6, 6.07) is 3.59. The van der Waals surface area contributed by atoms with Gasteiger partial charge in [-0.05, 0) is 36.9 Å². The van der Waals surface area contributed by atoms with Crippen LogP contribution in [-0.2, 0) is 4.74 Å². The second-order valence-corrected chi connectivity index (χ2v) is 5.37. The molecule has 0 saturated carbocycles. The summed E-state index contributed by atoms with van der Waals surface area (Å²) in [6.45, 7) is 5.28. The number of hydrogen-bond donors (Lipinski definition) is 2. The van der Waals surface area contributed by atoms with Crippen molar-refractivity contribution in [1.29, 1.82) is 0 Å². The SMILES string of the molecule is COC(=O)c1cc(NCC2(C)CCCNC2)ccn1. The van der Waals surface area contributed by atoms with Crippen LogP contribution in [0.5, 0.6) is 0 Å². The molecule has 1 atom stereocenters. The van der Waals surface area contributed by atoms with Gasteiger partial charge < -0.3 is 15.4 Å². The largest absolute Gasteiger partial charge is 0.464 e. The highest BCUT2D eigenvalue weighted by atomic mass is 16.5. The quantitative estimate of drug-likeness (QED) is 0.809. The molecule has 0 radical (unpaired) electrons. The number of carbonyl (C=O) groups is 1. The zero-order chi connectivity index (χ0) is 13.7. The Morgan fingerprint density at radius 1 is 1.63 bits per heavy atom. The van der Waals surface area contributed by atoms with Gasteiger partial charge in [-0.15, -0.1) is 0 Å². The molecule has 1 saturated heterocycles. The summed E-state index contributed by atoms with van der Waals surface area (Å²) in [5.74, 6) is -0.408. The topological polar surface area (TPSA) is 63.2 Å². The number of pyridine rings is 1. The van der Waals surface area contributed by atoms with E-state index in [9.17, 15) is 4.79 Å². The minimum atomic E-state index is -0.408. The summed E-state index contributed by atoms with van der Waals surface area (Å²) in [7, 11) is 1.36. The Balaban J connectivity index is 1.97. The number of methoxy groups -OCH3 is 1. The van der Waals surface area contributed by atoms with Gasteiger partial charge in [-0.2, -0.15) is 0 Å². The fraction of sp³-hybridized carbons (Fsp3) is 0.571. The second-order valence-electron chi connectivity index (χ2n) is 5.37. The maximum absolute atomic E-state index is 11.4. The lowest BCUT2D eigenvalue weighted by Crippen LogP contribution is -2.42. The van der Waals surface area contributed by atoms with E-state index in [0.717, 1.165) is 25.3 Å². The third-order valence-electron chi connectivity index (χ3n) is 3.56. The van der Waals surface area contributed by atoms with Crippen molar-refractivity contribution in [2.75, 3.05) is 32.1 Å². The lowest BCUT2D eigenvalue weighted by molar-refractivity contribution is 0.0594. The molecule has 104 valence electrons. The highest BCUT2D eigenvalue weighted by Gasteiger charge is 2.26. The first-order valence-corrected chi connectivity index (χ1v) is 6.62. The molecule has 1 fully saturated rings. The van der Waals surface area contributed by atoms with Crippen molar-refractivity contribution in [2.24, 2.45) is 5.41 Å². The van der Waals surface area contributed by atoms with Crippen molar-refractivity contribution < 1.29 is 9.53 Å². The van der Waals surface area contributed by atoms with Crippen molar-refractivity contribution in [3.63, 3.8) is 0 Å². The molecule has 2 N–H and O–H groups in total. The Hall–Kier alpha value is -1.62. The smallest absolute Gasteiger partial charge is 0.356 e. The molecule has 0 amide bonds. The molecule has 1 aromatic heterocycles. The van der Waals surface area contributed by atoms with E-state index in [1.165, 1.54) is 20.0 Å². The summed E-state index contributed by atoms with van der Waals surface area (Å²) < 4.78 is 4.67. The molecule has 1 unspecified atom stereocenters. The number of anilines is 1. The third kappa shape index (κ3) is 3.67. The average Bonchev–Trinajstić information content (AvgIpc) is 2.45. The van der Waals surface area contributed by atoms with Crippen LogP contribution in [0.25, 0.3) is 0 Å². The molecule has 0 bridgehead atoms. The van der Waals surface area contributed by atoms with Crippen LogP contribution in [-0.4, -0.2) is 37.7 Å². The Labute approximate surface area is 113 Å². The summed E-state index contributed by atoms with van der Waals surface area (Å²) in [6.07, 6.45) is 4.04. The van der Waals surface area contributed by atoms with E-state index < -0.39 is 5.97 Å². The number of ether oxygens (including phenoxy) is 1. The van der Waals surface area contributed by atoms with Crippen LogP contribution < -0.4 is 10.6 Å². The van der Waals surface area contributed by atoms with Gasteiger partial charge in [0.25, 0.3) is 0 Å². The number of rotatable bonds is 4. The van der Waals surface area contributed by atoms with Crippen molar-refractivity contribution in [3.8, 4) is 0 Å². The lowest BCUT2D eigenvalue weighted by Gasteiger charge is -2.34. The Bertz CT molecular complexity index is 442. The Kier molecular flexibility index (Phi) is 4.37. The van der Waals surface area contributed by atoms with Gasteiger partial charge in [0.2, 0.25) is 0 Å². The third-order valence-corrected chi connectivity index (χ3v) is 3.56. The molecule has 0 aliphatic carbocycles. The van der Waals surface area contributed by atoms with Crippen LogP contribution in [0.4, 0.5) is 5.69 Å². The molecule has 0 aromatic carbocycles. The van der Waals surface area contributed by atoms with E-state index in [0.29, 0.717) is 5.69 Å². The molecular weight excluding hydrogens is 242 g/mol. The van der Waals surface area contributed by atoms with Crippen LogP contribution in [0.1, 0.15) is 30.3 Å². The normalized spacial score (nSPS) is 22.8. The van der Waals surface area contributed by atoms with E-state index in [4.69, 9.17) is 0 Å². The molecule has 1 aromatic rings. The summed E-state index contributed by atoms with van der Waals surface area (Å²) in [5, 5.41) is 6.81. The second kappa shape index (κ2) is 6.02. The number of esters is 1. The van der Waals surface area contributed by atoms with Gasteiger partial charge in [-0.3, -0.25) is 0 Å². The minimum Gasteiger partial charge on any atom is -0.464 e. The van der Waals surface area contributed by atoms with Gasteiger partial charge in [0.1, 0.15) is 5.69 Å². The van der Waals surface area contributed by atoms with Gasteiger partial charge >= 0.3 is 5.97 Å². The summed E-state index contributed by atoms with van der Waals surface area (Å²) in [5.41, 5.74) is 1.49. The van der Waals surface area contributed by atoms with E-state index in [2.05, 4.69) is 27.3 Å². The molecule has 1 aliphatic heterocycles. The minimum absolute atomic E-state index is 0.257. The zero-order valence-electron chi connectivity index (χ0n) is 11.5. The molecule has 0 spiro atoms. The first kappa shape index (κ1) is 13.8. The molecule has 1 aliphatic rings. The Morgan fingerprint density at radius 3 is 3.16 bits per heavy atom. The predicted molar refractivity (Wildman–Crippen MR) is 74.3 cm³/mol. The van der Waals surface area contributed by atoms with Gasteiger partial charge in [-0.25, -0.2) is 9.78 Å². The molecule has 5 heteroatoms. The van der Waals surface area contributed by atoms with E-state index in [1.807, 2.05) is 6.07 Å². The first-order valence-electron chi connectivity index (χ1n) is 6.62. The highest BCUT2D eigenvalue weighted by Crippen LogP contribution is 2.25. The van der Waals surface area contributed by atoms with Crippen LogP contribution in [0.3, 0.4) is 0 Å². The number of piperidine rings is 1. The van der Waals surface area contributed by atoms with Gasteiger partial charge in [0, 0.05) is 25.0 Å². The zero-order valence-corrected chi connectivity index (χ0v) is 11.5. The molecular formula is C14H21N3O2. The number of nitrogens with zero attached hydrogens (tertiary/aromatic N) is 1. The van der Waals surface area contributed by atoms with Crippen molar-refractivity contribution >= 4 is 11.7 Å². The van der Waals surface area contributed by atoms with Gasteiger partial charge in [0.15, 0.2) is 0 Å². The first-order chi connectivity index (χ1) is 9.13. The average molecular weight is 263 g/mol. The van der Waals surface area contributed by atoms with Crippen LogP contribution in [0.15, 0.2) is 18.3 Å². The standard InChI is InChI=1S/C14H21N3O2/c1-14(5-3-6-15-9-14)10-17-11-4-7-16-12(8-11)13(18)19-2/h4,7-8,15H,3,5-6,9-10H2,1-2H3,(H,16,17). The van der Waals surface area contributed by atoms with Crippen molar-refractivity contribution in [2.45, 2.75) is 19.8 Å². The molecule has 19 heavy (non-hydrogen) atoms. The summed E-state index contributed by atoms with van der Waals surface area (Å²) in [4.78, 5) is 15.4. The van der Waals surface area contributed by atoms with E-state index in [1.54, 1.807) is 12.3 Å². The number of carbonyl (C=O) groups excluding carboxylic acids is 1. The number of aromatic nitrogens is 1. The van der Waals surface area contributed by atoms with Gasteiger partial charge in [-0.1, -0.05) is 6.92 Å². The highest BCUT2D eigenvalue weighted by molar-refractivity contribution is 5.88. The maximum Gasteiger partial charge on any atom is 0.356 e. The summed E-state index contributed by atoms with van der Waals surface area (Å²) >= 11 is 0. The predicted octanol–water partition coefficient (Wildman–Crippen LogP) is 1.67. The molecule has 5 nitrogen and oxygen atoms in total. The lowest BCUT2D eigenvalue weighted by atomic mass is 9.83. The molecule has 2 heterocycles. The van der Waals surface area contributed by atoms with Crippen LogP contribution in [0, 0.1) is 5.41 Å². The van der Waals surface area contributed by atoms with Crippen LogP contribution >= 0.6 is 0 Å². The fourth-order valence-electron chi connectivity index (χ4n) is 2.34. The number of hydrogen-bond acceptors (Lipinski definition) is 5. The van der Waals surface area contributed by atoms with Crippen molar-refractivity contribution in [1.82, 2.24) is 10.3 Å². The fourth-order valence-corrected chi connectivity index (χ4v) is 2.34. The molecule has 2 rings (SSSR count).